The van der Waals surface area contributed by atoms with Crippen LogP contribution >= 0.6 is 11.6 Å². The van der Waals surface area contributed by atoms with Crippen LogP contribution in [-0.4, -0.2) is 63.0 Å². The predicted octanol–water partition coefficient (Wildman–Crippen LogP) is 2.56. The van der Waals surface area contributed by atoms with Gasteiger partial charge in [-0.1, -0.05) is 11.6 Å². The van der Waals surface area contributed by atoms with Gasteiger partial charge >= 0.3 is 11.6 Å². The van der Waals surface area contributed by atoms with Crippen LogP contribution in [0.15, 0.2) is 6.33 Å². The van der Waals surface area contributed by atoms with Crippen LogP contribution in [0.1, 0.15) is 30.3 Å². The SMILES string of the molecule is Cc1nc(C2CC2)nc(Oc2ncnc(N3CCN(C)CC3)c2[N+](=O)[O-])c1Cl. The first-order valence-corrected chi connectivity index (χ1v) is 9.46. The first-order chi connectivity index (χ1) is 13.4. The third-order valence-electron chi connectivity index (χ3n) is 4.89. The molecule has 0 atom stereocenters. The fraction of sp³-hybridized carbons (Fsp3) is 0.529. The standard InChI is InChI=1S/C17H20ClN7O3/c1-10-12(18)16(22-14(21-10)11-3-4-11)28-17-13(25(26)27)15(19-9-20-17)24-7-5-23(2)6-8-24/h9,11H,3-8H2,1-2H3. The van der Waals surface area contributed by atoms with Crippen molar-refractivity contribution in [2.24, 2.45) is 0 Å². The van der Waals surface area contributed by atoms with Crippen LogP contribution in [0.3, 0.4) is 0 Å². The maximum absolute atomic E-state index is 11.8. The van der Waals surface area contributed by atoms with E-state index in [-0.39, 0.29) is 28.3 Å². The van der Waals surface area contributed by atoms with Crippen LogP contribution in [0.2, 0.25) is 5.02 Å². The minimum atomic E-state index is -0.521. The summed E-state index contributed by atoms with van der Waals surface area (Å²) in [5.74, 6) is 1.10. The molecule has 148 valence electrons. The number of hydrogen-bond donors (Lipinski definition) is 0. The summed E-state index contributed by atoms with van der Waals surface area (Å²) in [6.07, 6.45) is 3.29. The van der Waals surface area contributed by atoms with Crippen molar-refractivity contribution in [2.45, 2.75) is 25.7 Å². The smallest absolute Gasteiger partial charge is 0.373 e. The number of rotatable bonds is 5. The Labute approximate surface area is 166 Å². The van der Waals surface area contributed by atoms with E-state index < -0.39 is 4.92 Å². The molecule has 0 spiro atoms. The lowest BCUT2D eigenvalue weighted by molar-refractivity contribution is -0.385. The van der Waals surface area contributed by atoms with Gasteiger partial charge in [-0.15, -0.1) is 0 Å². The van der Waals surface area contributed by atoms with Crippen molar-refractivity contribution in [1.29, 1.82) is 0 Å². The highest BCUT2D eigenvalue weighted by atomic mass is 35.5. The Kier molecular flexibility index (Phi) is 4.98. The Morgan fingerprint density at radius 3 is 2.54 bits per heavy atom. The van der Waals surface area contributed by atoms with E-state index in [0.29, 0.717) is 30.5 Å². The summed E-state index contributed by atoms with van der Waals surface area (Å²) in [5.41, 5.74) is 0.289. The van der Waals surface area contributed by atoms with E-state index >= 15 is 0 Å². The molecule has 0 unspecified atom stereocenters. The maximum Gasteiger partial charge on any atom is 0.373 e. The van der Waals surface area contributed by atoms with Gasteiger partial charge in [0.15, 0.2) is 0 Å². The monoisotopic (exact) mass is 405 g/mol. The van der Waals surface area contributed by atoms with Crippen LogP contribution in [0.25, 0.3) is 0 Å². The van der Waals surface area contributed by atoms with Crippen LogP contribution in [0, 0.1) is 17.0 Å². The summed E-state index contributed by atoms with van der Waals surface area (Å²) < 4.78 is 5.74. The summed E-state index contributed by atoms with van der Waals surface area (Å²) in [4.78, 5) is 32.2. The Hall–Kier alpha value is -2.59. The van der Waals surface area contributed by atoms with Crippen molar-refractivity contribution >= 4 is 23.1 Å². The molecule has 11 heteroatoms. The number of ether oxygens (including phenoxy) is 1. The summed E-state index contributed by atoms with van der Waals surface area (Å²) >= 11 is 6.30. The lowest BCUT2D eigenvalue weighted by Crippen LogP contribution is -2.45. The van der Waals surface area contributed by atoms with Crippen molar-refractivity contribution in [2.75, 3.05) is 38.1 Å². The first kappa shape index (κ1) is 18.8. The highest BCUT2D eigenvalue weighted by Gasteiger charge is 2.32. The Balaban J connectivity index is 1.70. The molecule has 0 radical (unpaired) electrons. The third-order valence-corrected chi connectivity index (χ3v) is 5.33. The van der Waals surface area contributed by atoms with Crippen molar-refractivity contribution in [1.82, 2.24) is 24.8 Å². The molecular formula is C17H20ClN7O3. The van der Waals surface area contributed by atoms with Crippen LogP contribution < -0.4 is 9.64 Å². The average Bonchev–Trinajstić information content (AvgIpc) is 3.51. The second kappa shape index (κ2) is 7.44. The lowest BCUT2D eigenvalue weighted by atomic mass is 10.3. The Morgan fingerprint density at radius 1 is 1.18 bits per heavy atom. The van der Waals surface area contributed by atoms with Gasteiger partial charge in [-0.3, -0.25) is 10.1 Å². The molecule has 2 aliphatic rings. The number of nitrogens with zero attached hydrogens (tertiary/aromatic N) is 7. The van der Waals surface area contributed by atoms with Gasteiger partial charge in [0.1, 0.15) is 17.2 Å². The third kappa shape index (κ3) is 3.69. The van der Waals surface area contributed by atoms with Crippen molar-refractivity contribution in [3.63, 3.8) is 0 Å². The highest BCUT2D eigenvalue weighted by Crippen LogP contribution is 2.42. The number of likely N-dealkylation sites (N-methyl/N-ethyl adjacent to an activating group) is 1. The van der Waals surface area contributed by atoms with E-state index in [1.807, 2.05) is 11.9 Å². The topological polar surface area (TPSA) is 110 Å². The minimum Gasteiger partial charge on any atom is -0.413 e. The zero-order valence-electron chi connectivity index (χ0n) is 15.6. The molecule has 0 aromatic carbocycles. The lowest BCUT2D eigenvalue weighted by Gasteiger charge is -2.32. The van der Waals surface area contributed by atoms with Crippen LogP contribution in [0.4, 0.5) is 11.5 Å². The predicted molar refractivity (Wildman–Crippen MR) is 102 cm³/mol. The van der Waals surface area contributed by atoms with Gasteiger partial charge in [-0.25, -0.2) is 9.97 Å². The summed E-state index contributed by atoms with van der Waals surface area (Å²) in [7, 11) is 2.01. The Morgan fingerprint density at radius 2 is 1.89 bits per heavy atom. The van der Waals surface area contributed by atoms with Gasteiger partial charge in [0.05, 0.1) is 10.6 Å². The van der Waals surface area contributed by atoms with E-state index in [1.54, 1.807) is 6.92 Å². The number of aryl methyl sites for hydroxylation is 1. The molecule has 4 rings (SSSR count). The summed E-state index contributed by atoms with van der Waals surface area (Å²) in [6.45, 7) is 4.60. The molecule has 1 aliphatic carbocycles. The van der Waals surface area contributed by atoms with Crippen molar-refractivity contribution < 1.29 is 9.66 Å². The number of nitro groups is 1. The molecular weight excluding hydrogens is 386 g/mol. The van der Waals surface area contributed by atoms with Gasteiger partial charge < -0.3 is 14.5 Å². The number of piperazine rings is 1. The summed E-state index contributed by atoms with van der Waals surface area (Å²) in [6, 6.07) is 0. The number of anilines is 1. The molecule has 10 nitrogen and oxygen atoms in total. The molecule has 2 aromatic heterocycles. The zero-order chi connectivity index (χ0) is 19.8. The van der Waals surface area contributed by atoms with Gasteiger partial charge in [-0.05, 0) is 26.8 Å². The average molecular weight is 406 g/mol. The molecule has 0 bridgehead atoms. The molecule has 0 amide bonds. The van der Waals surface area contributed by atoms with E-state index in [0.717, 1.165) is 25.9 Å². The van der Waals surface area contributed by atoms with Gasteiger partial charge in [0, 0.05) is 32.1 Å². The molecule has 2 fully saturated rings. The number of hydrogen-bond acceptors (Lipinski definition) is 9. The van der Waals surface area contributed by atoms with Crippen LogP contribution in [-0.2, 0) is 0 Å². The van der Waals surface area contributed by atoms with Crippen molar-refractivity contribution in [3.05, 3.63) is 33.0 Å². The first-order valence-electron chi connectivity index (χ1n) is 9.08. The number of aromatic nitrogens is 4. The zero-order valence-corrected chi connectivity index (χ0v) is 16.4. The second-order valence-corrected chi connectivity index (χ2v) is 7.44. The Bertz CT molecular complexity index is 914. The minimum absolute atomic E-state index is 0.0854. The molecule has 3 heterocycles. The van der Waals surface area contributed by atoms with Crippen LogP contribution in [0.5, 0.6) is 11.8 Å². The summed E-state index contributed by atoms with van der Waals surface area (Å²) in [5, 5.41) is 12.0. The van der Waals surface area contributed by atoms with Crippen molar-refractivity contribution in [3.8, 4) is 11.8 Å². The molecule has 1 saturated carbocycles. The quantitative estimate of drug-likeness (QED) is 0.547. The van der Waals surface area contributed by atoms with Gasteiger partial charge in [-0.2, -0.15) is 9.97 Å². The van der Waals surface area contributed by atoms with Gasteiger partial charge in [0.2, 0.25) is 11.7 Å². The largest absolute Gasteiger partial charge is 0.413 e. The number of halogens is 1. The maximum atomic E-state index is 11.8. The van der Waals surface area contributed by atoms with E-state index in [2.05, 4.69) is 24.8 Å². The molecule has 1 saturated heterocycles. The van der Waals surface area contributed by atoms with E-state index in [1.165, 1.54) is 6.33 Å². The molecule has 0 N–H and O–H groups in total. The normalized spacial score (nSPS) is 17.6. The highest BCUT2D eigenvalue weighted by molar-refractivity contribution is 6.32. The van der Waals surface area contributed by atoms with Gasteiger partial charge in [0.25, 0.3) is 0 Å². The molecule has 1 aliphatic heterocycles. The van der Waals surface area contributed by atoms with E-state index in [4.69, 9.17) is 16.3 Å². The van der Waals surface area contributed by atoms with E-state index in [9.17, 15) is 10.1 Å². The molecule has 2 aromatic rings. The fourth-order valence-electron chi connectivity index (χ4n) is 3.08. The molecule has 28 heavy (non-hydrogen) atoms. The fourth-order valence-corrected chi connectivity index (χ4v) is 3.20. The second-order valence-electron chi connectivity index (χ2n) is 7.06.